The van der Waals surface area contributed by atoms with E-state index in [2.05, 4.69) is 29.5 Å². The molecule has 0 heterocycles. The minimum atomic E-state index is 0.859. The van der Waals surface area contributed by atoms with Crippen molar-refractivity contribution >= 4 is 22.6 Å². The summed E-state index contributed by atoms with van der Waals surface area (Å²) in [5, 5.41) is 0. The van der Waals surface area contributed by atoms with Crippen LogP contribution in [0.3, 0.4) is 0 Å². The number of alkyl halides is 1. The quantitative estimate of drug-likeness (QED) is 0.420. The molecule has 38 valence electrons. The van der Waals surface area contributed by atoms with Crippen LogP contribution in [0, 0.1) is 10.8 Å². The molecule has 3 aliphatic rings. The zero-order valence-electron chi connectivity index (χ0n) is 4.29. The molecule has 0 aromatic heterocycles. The van der Waals surface area contributed by atoms with Gasteiger partial charge in [-0.25, -0.2) is 0 Å². The highest BCUT2D eigenvalue weighted by Crippen LogP contribution is 3.11. The van der Waals surface area contributed by atoms with Gasteiger partial charge in [0.2, 0.25) is 0 Å². The van der Waals surface area contributed by atoms with Gasteiger partial charge in [-0.15, -0.1) is 0 Å². The molecule has 0 radical (unpaired) electrons. The van der Waals surface area contributed by atoms with Gasteiger partial charge in [-0.1, -0.05) is 29.5 Å². The van der Waals surface area contributed by atoms with Crippen LogP contribution in [0.15, 0.2) is 0 Å². The van der Waals surface area contributed by atoms with E-state index in [1.165, 1.54) is 0 Å². The van der Waals surface area contributed by atoms with Crippen molar-refractivity contribution in [1.82, 2.24) is 0 Å². The molecule has 0 nitrogen and oxygen atoms in total. The van der Waals surface area contributed by atoms with Crippen molar-refractivity contribution in [3.63, 3.8) is 0 Å². The fourth-order valence-corrected chi connectivity index (χ4v) is 4.45. The van der Waals surface area contributed by atoms with Crippen LogP contribution in [0.1, 0.15) is 19.8 Å². The van der Waals surface area contributed by atoms with Crippen LogP contribution in [-0.4, -0.2) is 3.42 Å². The Morgan fingerprint density at radius 1 is 1.43 bits per heavy atom. The monoisotopic (exact) mass is 206 g/mol. The molecular formula is C6H7I. The lowest BCUT2D eigenvalue weighted by molar-refractivity contribution is 0.643. The van der Waals surface area contributed by atoms with E-state index in [0.29, 0.717) is 0 Å². The molecule has 1 unspecified atom stereocenters. The molecule has 0 bridgehead atoms. The Balaban J connectivity index is 2.24. The van der Waals surface area contributed by atoms with Gasteiger partial charge >= 0.3 is 0 Å². The average Bonchev–Trinajstić information content (AvgIpc) is 2.34. The zero-order chi connectivity index (χ0) is 4.91. The lowest BCUT2D eigenvalue weighted by Gasteiger charge is -2.01. The lowest BCUT2D eigenvalue weighted by atomic mass is 10.2. The smallest absolute Gasteiger partial charge is 0.0350 e. The van der Waals surface area contributed by atoms with Crippen LogP contribution >= 0.6 is 22.6 Å². The number of rotatable bonds is 0. The topological polar surface area (TPSA) is 0 Å². The van der Waals surface area contributed by atoms with Gasteiger partial charge in [0.05, 0.1) is 0 Å². The first kappa shape index (κ1) is 3.70. The van der Waals surface area contributed by atoms with Gasteiger partial charge in [0.15, 0.2) is 0 Å². The molecule has 3 saturated carbocycles. The Morgan fingerprint density at radius 3 is 1.86 bits per heavy atom. The first-order valence-corrected chi connectivity index (χ1v) is 3.93. The number of fused-ring (bicyclic) bond motifs is 1. The summed E-state index contributed by atoms with van der Waals surface area (Å²) in [7, 11) is 0. The molecule has 3 atom stereocenters. The van der Waals surface area contributed by atoms with Crippen LogP contribution in [0.5, 0.6) is 0 Å². The first-order valence-electron chi connectivity index (χ1n) is 2.85. The second-order valence-electron chi connectivity index (χ2n) is 3.57. The van der Waals surface area contributed by atoms with Crippen LogP contribution in [0.4, 0.5) is 0 Å². The van der Waals surface area contributed by atoms with E-state index in [1.807, 2.05) is 0 Å². The van der Waals surface area contributed by atoms with E-state index in [0.717, 1.165) is 14.3 Å². The predicted octanol–water partition coefficient (Wildman–Crippen LogP) is 1.97. The van der Waals surface area contributed by atoms with Crippen molar-refractivity contribution < 1.29 is 0 Å². The van der Waals surface area contributed by atoms with Crippen molar-refractivity contribution in [3.05, 3.63) is 0 Å². The molecule has 0 N–H and O–H groups in total. The normalized spacial score (nSPS) is 90.0. The number of hydrogen-bond donors (Lipinski definition) is 0. The molecule has 0 aromatic rings. The Labute approximate surface area is 56.8 Å². The fraction of sp³-hybridized carbons (Fsp3) is 1.00. The summed E-state index contributed by atoms with van der Waals surface area (Å²) < 4.78 is 0.859. The summed E-state index contributed by atoms with van der Waals surface area (Å²) in [4.78, 5) is 0. The third-order valence-corrected chi connectivity index (χ3v) is 6.18. The van der Waals surface area contributed by atoms with Crippen LogP contribution in [0.2, 0.25) is 0 Å². The Morgan fingerprint density at radius 2 is 1.86 bits per heavy atom. The summed E-state index contributed by atoms with van der Waals surface area (Å²) in [6.45, 7) is 2.43. The van der Waals surface area contributed by atoms with E-state index in [-0.39, 0.29) is 0 Å². The van der Waals surface area contributed by atoms with Crippen molar-refractivity contribution in [1.29, 1.82) is 0 Å². The van der Waals surface area contributed by atoms with Crippen molar-refractivity contribution in [2.45, 2.75) is 23.2 Å². The van der Waals surface area contributed by atoms with Gasteiger partial charge in [-0.05, 0) is 23.7 Å². The third-order valence-electron chi connectivity index (χ3n) is 3.58. The summed E-state index contributed by atoms with van der Waals surface area (Å²) >= 11 is 2.65. The summed E-state index contributed by atoms with van der Waals surface area (Å²) in [6, 6.07) is 0. The second kappa shape index (κ2) is 0.514. The molecule has 0 amide bonds. The standard InChI is InChI=1S/C6H7I/c1-4-2-5(4)3-6(4,5)7/h2-3H2,1H3/t4-,5?,6+/m0/s1. The Hall–Kier alpha value is 0.730. The van der Waals surface area contributed by atoms with Crippen molar-refractivity contribution in [3.8, 4) is 0 Å². The van der Waals surface area contributed by atoms with E-state index < -0.39 is 0 Å². The third kappa shape index (κ3) is 0.132. The van der Waals surface area contributed by atoms with Gasteiger partial charge in [0, 0.05) is 3.42 Å². The molecule has 3 fully saturated rings. The maximum Gasteiger partial charge on any atom is 0.0350 e. The van der Waals surface area contributed by atoms with E-state index in [4.69, 9.17) is 0 Å². The van der Waals surface area contributed by atoms with Crippen LogP contribution < -0.4 is 0 Å². The lowest BCUT2D eigenvalue weighted by Crippen LogP contribution is -1.98. The SMILES string of the molecule is C[C@]12CC13C[C@]32I. The molecule has 0 aromatic carbocycles. The maximum absolute atomic E-state index is 2.65. The molecule has 7 heavy (non-hydrogen) atoms. The molecular weight excluding hydrogens is 199 g/mol. The average molecular weight is 206 g/mol. The van der Waals surface area contributed by atoms with Crippen molar-refractivity contribution in [2.24, 2.45) is 10.8 Å². The highest BCUT2D eigenvalue weighted by molar-refractivity contribution is 14.1. The van der Waals surface area contributed by atoms with Crippen LogP contribution in [0.25, 0.3) is 0 Å². The van der Waals surface area contributed by atoms with Gasteiger partial charge in [-0.2, -0.15) is 0 Å². The van der Waals surface area contributed by atoms with E-state index in [9.17, 15) is 0 Å². The van der Waals surface area contributed by atoms with Gasteiger partial charge in [-0.3, -0.25) is 0 Å². The predicted molar refractivity (Wildman–Crippen MR) is 36.5 cm³/mol. The summed E-state index contributed by atoms with van der Waals surface area (Å²) in [5.41, 5.74) is 1.82. The Kier molecular flexibility index (Phi) is 0.272. The molecule has 0 saturated heterocycles. The summed E-state index contributed by atoms with van der Waals surface area (Å²) in [6.07, 6.45) is 3.11. The van der Waals surface area contributed by atoms with Gasteiger partial charge < -0.3 is 0 Å². The molecule has 3 aliphatic carbocycles. The maximum atomic E-state index is 2.65. The molecule has 1 heteroatoms. The number of hydrogen-bond acceptors (Lipinski definition) is 0. The first-order chi connectivity index (χ1) is 3.16. The fourth-order valence-electron chi connectivity index (χ4n) is 2.44. The van der Waals surface area contributed by atoms with Gasteiger partial charge in [0.25, 0.3) is 0 Å². The minimum Gasteiger partial charge on any atom is -0.0776 e. The van der Waals surface area contributed by atoms with Gasteiger partial charge in [0.1, 0.15) is 0 Å². The van der Waals surface area contributed by atoms with E-state index in [1.54, 1.807) is 12.8 Å². The second-order valence-corrected chi connectivity index (χ2v) is 5.41. The molecule has 0 aliphatic heterocycles. The largest absolute Gasteiger partial charge is 0.0776 e. The molecule has 1 spiro atoms. The van der Waals surface area contributed by atoms with Crippen molar-refractivity contribution in [2.75, 3.05) is 0 Å². The number of halogens is 1. The van der Waals surface area contributed by atoms with E-state index >= 15 is 0 Å². The highest BCUT2D eigenvalue weighted by atomic mass is 127. The Bertz CT molecular complexity index is 136. The summed E-state index contributed by atoms with van der Waals surface area (Å²) in [5.74, 6) is 0. The zero-order valence-corrected chi connectivity index (χ0v) is 6.45. The minimum absolute atomic E-state index is 0.859. The highest BCUT2D eigenvalue weighted by Gasteiger charge is 3.08. The van der Waals surface area contributed by atoms with Crippen LogP contribution in [-0.2, 0) is 0 Å². The molecule has 3 rings (SSSR count).